The minimum absolute atomic E-state index is 0.0226. The molecule has 68 valence electrons. The molecule has 2 rings (SSSR count). The van der Waals surface area contributed by atoms with Gasteiger partial charge in [0, 0.05) is 6.42 Å². The summed E-state index contributed by atoms with van der Waals surface area (Å²) in [6, 6.07) is 4.93. The Labute approximate surface area is 75.6 Å². The van der Waals surface area contributed by atoms with E-state index in [0.717, 1.165) is 5.56 Å². The lowest BCUT2D eigenvalue weighted by Gasteiger charge is -2.19. The van der Waals surface area contributed by atoms with E-state index in [1.807, 2.05) is 0 Å². The van der Waals surface area contributed by atoms with Crippen molar-refractivity contribution in [2.75, 3.05) is 0 Å². The van der Waals surface area contributed by atoms with E-state index in [1.54, 1.807) is 12.1 Å². The third kappa shape index (κ3) is 1.31. The number of hydrogen-bond donors (Lipinski definition) is 2. The molecule has 1 aromatic rings. The molecule has 0 bridgehead atoms. The zero-order valence-electron chi connectivity index (χ0n) is 7.03. The zero-order valence-corrected chi connectivity index (χ0v) is 7.03. The highest BCUT2D eigenvalue weighted by atomic mass is 16.3. The first-order chi connectivity index (χ1) is 6.18. The third-order valence-electron chi connectivity index (χ3n) is 2.28. The summed E-state index contributed by atoms with van der Waals surface area (Å²) in [5.41, 5.74) is 1.12. The van der Waals surface area contributed by atoms with Gasteiger partial charge in [-0.05, 0) is 18.1 Å². The van der Waals surface area contributed by atoms with Crippen LogP contribution in [0.4, 0.5) is 0 Å². The second-order valence-electron chi connectivity index (χ2n) is 3.30. The predicted molar refractivity (Wildman–Crippen MR) is 46.8 cm³/mol. The Bertz CT molecular complexity index is 357. The molecular weight excluding hydrogens is 168 g/mol. The molecular formula is C10H10O3. The number of benzene rings is 1. The number of fused-ring (bicyclic) bond motifs is 1. The first kappa shape index (κ1) is 8.26. The van der Waals surface area contributed by atoms with E-state index < -0.39 is 6.10 Å². The van der Waals surface area contributed by atoms with Gasteiger partial charge in [0.05, 0.1) is 11.7 Å². The Balaban J connectivity index is 2.55. The fourth-order valence-corrected chi connectivity index (χ4v) is 1.72. The topological polar surface area (TPSA) is 57.5 Å². The number of carbonyl (C=O) groups is 1. The molecule has 13 heavy (non-hydrogen) atoms. The summed E-state index contributed by atoms with van der Waals surface area (Å²) in [6.45, 7) is 0. The minimum atomic E-state index is -0.596. The van der Waals surface area contributed by atoms with Gasteiger partial charge in [0.1, 0.15) is 5.75 Å². The average Bonchev–Trinajstić information content (AvgIpc) is 2.02. The van der Waals surface area contributed by atoms with Gasteiger partial charge in [-0.2, -0.15) is 0 Å². The van der Waals surface area contributed by atoms with Crippen LogP contribution in [0.3, 0.4) is 0 Å². The molecule has 0 heterocycles. The van der Waals surface area contributed by atoms with Gasteiger partial charge in [0.25, 0.3) is 0 Å². The molecule has 1 unspecified atom stereocenters. The molecule has 0 aliphatic heterocycles. The second-order valence-corrected chi connectivity index (χ2v) is 3.30. The maximum Gasteiger partial charge on any atom is 0.169 e. The van der Waals surface area contributed by atoms with Crippen molar-refractivity contribution in [1.29, 1.82) is 0 Å². The van der Waals surface area contributed by atoms with Crippen molar-refractivity contribution < 1.29 is 15.0 Å². The van der Waals surface area contributed by atoms with Gasteiger partial charge in [-0.3, -0.25) is 4.79 Å². The molecule has 1 aromatic carbocycles. The predicted octanol–water partition coefficient (Wildman–Crippen LogP) is 0.882. The minimum Gasteiger partial charge on any atom is -0.507 e. The van der Waals surface area contributed by atoms with Gasteiger partial charge in [-0.1, -0.05) is 12.1 Å². The van der Waals surface area contributed by atoms with Gasteiger partial charge in [-0.15, -0.1) is 0 Å². The van der Waals surface area contributed by atoms with Crippen molar-refractivity contribution >= 4 is 5.78 Å². The molecule has 0 spiro atoms. The fourth-order valence-electron chi connectivity index (χ4n) is 1.72. The maximum absolute atomic E-state index is 11.4. The number of rotatable bonds is 0. The highest BCUT2D eigenvalue weighted by molar-refractivity contribution is 6.01. The fraction of sp³-hybridized carbons (Fsp3) is 0.300. The van der Waals surface area contributed by atoms with E-state index in [1.165, 1.54) is 6.07 Å². The van der Waals surface area contributed by atoms with Gasteiger partial charge in [0.2, 0.25) is 0 Å². The van der Waals surface area contributed by atoms with Crippen molar-refractivity contribution in [3.05, 3.63) is 29.3 Å². The van der Waals surface area contributed by atoms with Crippen molar-refractivity contribution in [1.82, 2.24) is 0 Å². The lowest BCUT2D eigenvalue weighted by Crippen LogP contribution is -2.23. The molecule has 0 fully saturated rings. The Morgan fingerprint density at radius 1 is 1.31 bits per heavy atom. The van der Waals surface area contributed by atoms with E-state index in [4.69, 9.17) is 0 Å². The number of carbonyl (C=O) groups excluding carboxylic acids is 1. The Morgan fingerprint density at radius 2 is 2.08 bits per heavy atom. The number of aliphatic hydroxyl groups is 1. The van der Waals surface area contributed by atoms with E-state index in [-0.39, 0.29) is 18.0 Å². The molecule has 0 saturated heterocycles. The molecule has 1 aliphatic rings. The lowest BCUT2D eigenvalue weighted by molar-refractivity contribution is 0.0850. The monoisotopic (exact) mass is 178 g/mol. The summed E-state index contributed by atoms with van der Waals surface area (Å²) in [6.07, 6.45) is -0.0261. The number of phenolic OH excluding ortho intramolecular Hbond substituents is 1. The van der Waals surface area contributed by atoms with E-state index in [2.05, 4.69) is 0 Å². The van der Waals surface area contributed by atoms with Gasteiger partial charge >= 0.3 is 0 Å². The van der Waals surface area contributed by atoms with Gasteiger partial charge in [0.15, 0.2) is 5.78 Å². The second kappa shape index (κ2) is 2.85. The largest absolute Gasteiger partial charge is 0.507 e. The molecule has 0 amide bonds. The Hall–Kier alpha value is -1.35. The quantitative estimate of drug-likeness (QED) is 0.620. The number of aromatic hydroxyl groups is 1. The maximum atomic E-state index is 11.4. The third-order valence-corrected chi connectivity index (χ3v) is 2.28. The van der Waals surface area contributed by atoms with Crippen molar-refractivity contribution in [2.45, 2.75) is 18.9 Å². The van der Waals surface area contributed by atoms with Crippen LogP contribution in [-0.4, -0.2) is 22.1 Å². The Kier molecular flexibility index (Phi) is 1.81. The van der Waals surface area contributed by atoms with Gasteiger partial charge in [-0.25, -0.2) is 0 Å². The molecule has 3 heteroatoms. The first-order valence-electron chi connectivity index (χ1n) is 4.20. The number of Topliss-reactive ketones (excluding diaryl/α,β-unsaturated/α-hetero) is 1. The number of aliphatic hydroxyl groups excluding tert-OH is 1. The molecule has 0 radical (unpaired) electrons. The molecule has 0 aromatic heterocycles. The molecule has 1 aliphatic carbocycles. The molecule has 2 N–H and O–H groups in total. The smallest absolute Gasteiger partial charge is 0.169 e. The molecule has 3 nitrogen and oxygen atoms in total. The zero-order chi connectivity index (χ0) is 9.42. The van der Waals surface area contributed by atoms with E-state index >= 15 is 0 Å². The van der Waals surface area contributed by atoms with Crippen LogP contribution < -0.4 is 0 Å². The molecule has 0 saturated carbocycles. The summed E-state index contributed by atoms with van der Waals surface area (Å²) in [5.74, 6) is -0.152. The average molecular weight is 178 g/mol. The summed E-state index contributed by atoms with van der Waals surface area (Å²) in [4.78, 5) is 11.4. The van der Waals surface area contributed by atoms with Crippen LogP contribution in [0, 0.1) is 0 Å². The highest BCUT2D eigenvalue weighted by Crippen LogP contribution is 2.28. The summed E-state index contributed by atoms with van der Waals surface area (Å²) in [5, 5.41) is 18.7. The SMILES string of the molecule is O=C1CC(O)Cc2cccc(O)c21. The standard InChI is InChI=1S/C10H10O3/c11-7-4-6-2-1-3-8(12)10(6)9(13)5-7/h1-3,7,11-12H,4-5H2. The highest BCUT2D eigenvalue weighted by Gasteiger charge is 2.25. The van der Waals surface area contributed by atoms with Crippen LogP contribution in [0.1, 0.15) is 22.3 Å². The van der Waals surface area contributed by atoms with E-state index in [0.29, 0.717) is 12.0 Å². The number of hydrogen-bond acceptors (Lipinski definition) is 3. The molecule has 1 atom stereocenters. The van der Waals surface area contributed by atoms with Crippen LogP contribution in [0.25, 0.3) is 0 Å². The van der Waals surface area contributed by atoms with Crippen LogP contribution >= 0.6 is 0 Å². The lowest BCUT2D eigenvalue weighted by atomic mass is 9.88. The van der Waals surface area contributed by atoms with E-state index in [9.17, 15) is 15.0 Å². The first-order valence-corrected chi connectivity index (χ1v) is 4.20. The van der Waals surface area contributed by atoms with Crippen LogP contribution in [0.2, 0.25) is 0 Å². The number of phenols is 1. The Morgan fingerprint density at radius 3 is 2.85 bits per heavy atom. The summed E-state index contributed by atoms with van der Waals surface area (Å²) < 4.78 is 0. The summed E-state index contributed by atoms with van der Waals surface area (Å²) >= 11 is 0. The van der Waals surface area contributed by atoms with Crippen LogP contribution in [0.5, 0.6) is 5.75 Å². The van der Waals surface area contributed by atoms with Crippen molar-refractivity contribution in [3.63, 3.8) is 0 Å². The van der Waals surface area contributed by atoms with Crippen molar-refractivity contribution in [2.24, 2.45) is 0 Å². The normalized spacial score (nSPS) is 21.3. The van der Waals surface area contributed by atoms with Crippen LogP contribution in [-0.2, 0) is 6.42 Å². The number of ketones is 1. The van der Waals surface area contributed by atoms with Crippen LogP contribution in [0.15, 0.2) is 18.2 Å². The summed E-state index contributed by atoms with van der Waals surface area (Å²) in [7, 11) is 0. The van der Waals surface area contributed by atoms with Crippen molar-refractivity contribution in [3.8, 4) is 5.75 Å². The van der Waals surface area contributed by atoms with Gasteiger partial charge < -0.3 is 10.2 Å².